The number of benzene rings is 2. The monoisotopic (exact) mass is 387 g/mol. The van der Waals surface area contributed by atoms with Gasteiger partial charge in [-0.15, -0.1) is 0 Å². The Morgan fingerprint density at radius 2 is 1.59 bits per heavy atom. The molecule has 1 amide bonds. The summed E-state index contributed by atoms with van der Waals surface area (Å²) in [6, 6.07) is 15.8. The summed E-state index contributed by atoms with van der Waals surface area (Å²) in [5, 5.41) is 2.96. The molecule has 0 heterocycles. The van der Waals surface area contributed by atoms with E-state index in [-0.39, 0.29) is 23.1 Å². The zero-order valence-corrected chi connectivity index (χ0v) is 17.3. The van der Waals surface area contributed by atoms with Gasteiger partial charge in [0.15, 0.2) is 9.84 Å². The van der Waals surface area contributed by atoms with Crippen LogP contribution in [0.25, 0.3) is 0 Å². The van der Waals surface area contributed by atoms with Gasteiger partial charge in [-0.2, -0.15) is 0 Å². The van der Waals surface area contributed by atoms with Crippen molar-refractivity contribution in [2.24, 2.45) is 0 Å². The van der Waals surface area contributed by atoms with Gasteiger partial charge in [-0.1, -0.05) is 58.0 Å². The number of amides is 1. The van der Waals surface area contributed by atoms with Gasteiger partial charge in [-0.25, -0.2) is 8.42 Å². The topological polar surface area (TPSA) is 63.2 Å². The molecule has 0 fully saturated rings. The third kappa shape index (κ3) is 5.93. The van der Waals surface area contributed by atoms with Gasteiger partial charge < -0.3 is 5.32 Å². The van der Waals surface area contributed by atoms with E-state index in [2.05, 4.69) is 26.1 Å². The average Bonchev–Trinajstić information content (AvgIpc) is 2.65. The average molecular weight is 388 g/mol. The normalized spacial score (nSPS) is 13.2. The third-order valence-electron chi connectivity index (χ3n) is 4.68. The van der Waals surface area contributed by atoms with Gasteiger partial charge in [-0.3, -0.25) is 4.79 Å². The number of rotatable bonds is 7. The van der Waals surface area contributed by atoms with E-state index in [4.69, 9.17) is 0 Å². The minimum absolute atomic E-state index is 0.0127. The fraction of sp³-hybridized carbons (Fsp3) is 0.409. The first-order valence-electron chi connectivity index (χ1n) is 9.32. The summed E-state index contributed by atoms with van der Waals surface area (Å²) in [7, 11) is -3.34. The lowest BCUT2D eigenvalue weighted by atomic mass is 9.86. The molecule has 1 N–H and O–H groups in total. The summed E-state index contributed by atoms with van der Waals surface area (Å²) in [4.78, 5) is 12.8. The Bertz CT molecular complexity index is 851. The van der Waals surface area contributed by atoms with Crippen LogP contribution >= 0.6 is 0 Å². The van der Waals surface area contributed by atoms with E-state index in [9.17, 15) is 13.2 Å². The van der Waals surface area contributed by atoms with Gasteiger partial charge in [0, 0.05) is 11.6 Å². The highest BCUT2D eigenvalue weighted by Crippen LogP contribution is 2.22. The third-order valence-corrected chi connectivity index (χ3v) is 6.44. The van der Waals surface area contributed by atoms with Crippen molar-refractivity contribution in [1.82, 2.24) is 5.32 Å². The number of hydrogen-bond acceptors (Lipinski definition) is 3. The molecule has 2 rings (SSSR count). The van der Waals surface area contributed by atoms with Crippen molar-refractivity contribution in [3.8, 4) is 0 Å². The molecule has 4 nitrogen and oxygen atoms in total. The SMILES string of the molecule is CC[C@@H](CCS(=O)(=O)c1ccccc1)NC(=O)c1ccc(C(C)(C)C)cc1. The lowest BCUT2D eigenvalue weighted by Gasteiger charge is -2.20. The molecule has 0 radical (unpaired) electrons. The van der Waals surface area contributed by atoms with E-state index in [0.29, 0.717) is 23.3 Å². The Kier molecular flexibility index (Phi) is 6.82. The zero-order valence-electron chi connectivity index (χ0n) is 16.5. The van der Waals surface area contributed by atoms with Crippen LogP contribution in [0.3, 0.4) is 0 Å². The van der Waals surface area contributed by atoms with E-state index in [1.165, 1.54) is 5.56 Å². The fourth-order valence-corrected chi connectivity index (χ4v) is 4.21. The lowest BCUT2D eigenvalue weighted by Crippen LogP contribution is -2.35. The molecule has 5 heteroatoms. The molecule has 0 spiro atoms. The molecule has 0 unspecified atom stereocenters. The first kappa shape index (κ1) is 21.2. The molecule has 0 aromatic heterocycles. The molecule has 0 aliphatic carbocycles. The van der Waals surface area contributed by atoms with Gasteiger partial charge in [0.2, 0.25) is 0 Å². The summed E-state index contributed by atoms with van der Waals surface area (Å²) in [5.74, 6) is -0.155. The summed E-state index contributed by atoms with van der Waals surface area (Å²) >= 11 is 0. The molecule has 0 aliphatic rings. The molecule has 0 saturated heterocycles. The van der Waals surface area contributed by atoms with Crippen LogP contribution in [0.5, 0.6) is 0 Å². The first-order valence-corrected chi connectivity index (χ1v) is 11.0. The lowest BCUT2D eigenvalue weighted by molar-refractivity contribution is 0.0935. The van der Waals surface area contributed by atoms with Gasteiger partial charge in [0.05, 0.1) is 10.6 Å². The van der Waals surface area contributed by atoms with Gasteiger partial charge in [-0.05, 0) is 48.1 Å². The van der Waals surface area contributed by atoms with Crippen LogP contribution in [0.15, 0.2) is 59.5 Å². The molecular weight excluding hydrogens is 358 g/mol. The van der Waals surface area contributed by atoms with E-state index in [1.54, 1.807) is 30.3 Å². The maximum Gasteiger partial charge on any atom is 0.251 e. The van der Waals surface area contributed by atoms with Crippen LogP contribution < -0.4 is 5.32 Å². The Morgan fingerprint density at radius 3 is 2.11 bits per heavy atom. The Morgan fingerprint density at radius 1 is 1.00 bits per heavy atom. The van der Waals surface area contributed by atoms with E-state index < -0.39 is 9.84 Å². The number of carbonyl (C=O) groups excluding carboxylic acids is 1. The van der Waals surface area contributed by atoms with Crippen LogP contribution in [0.4, 0.5) is 0 Å². The number of hydrogen-bond donors (Lipinski definition) is 1. The second-order valence-corrected chi connectivity index (χ2v) is 9.94. The predicted molar refractivity (Wildman–Crippen MR) is 110 cm³/mol. The molecule has 2 aromatic rings. The fourth-order valence-electron chi connectivity index (χ4n) is 2.81. The van der Waals surface area contributed by atoms with Crippen LogP contribution in [0.1, 0.15) is 56.5 Å². The van der Waals surface area contributed by atoms with Gasteiger partial charge >= 0.3 is 0 Å². The van der Waals surface area contributed by atoms with Crippen molar-refractivity contribution in [2.45, 2.75) is 56.9 Å². The number of sulfone groups is 1. The van der Waals surface area contributed by atoms with Crippen molar-refractivity contribution < 1.29 is 13.2 Å². The predicted octanol–water partition coefficient (Wildman–Crippen LogP) is 4.36. The molecule has 0 bridgehead atoms. The Labute approximate surface area is 162 Å². The number of nitrogens with one attached hydrogen (secondary N) is 1. The van der Waals surface area contributed by atoms with Crippen molar-refractivity contribution >= 4 is 15.7 Å². The molecule has 27 heavy (non-hydrogen) atoms. The maximum atomic E-state index is 12.5. The summed E-state index contributed by atoms with van der Waals surface area (Å²) < 4.78 is 24.9. The highest BCUT2D eigenvalue weighted by molar-refractivity contribution is 7.91. The molecule has 2 aromatic carbocycles. The van der Waals surface area contributed by atoms with E-state index >= 15 is 0 Å². The molecule has 0 aliphatic heterocycles. The molecule has 1 atom stereocenters. The standard InChI is InChI=1S/C22H29NO3S/c1-5-19(15-16-27(25,26)20-9-7-6-8-10-20)23-21(24)17-11-13-18(14-12-17)22(2,3)4/h6-14,19H,5,15-16H2,1-4H3,(H,23,24)/t19-/m0/s1. The Balaban J connectivity index is 1.99. The second kappa shape index (κ2) is 8.70. The summed E-state index contributed by atoms with van der Waals surface area (Å²) in [5.41, 5.74) is 1.79. The van der Waals surface area contributed by atoms with Crippen LogP contribution in [-0.2, 0) is 15.3 Å². The smallest absolute Gasteiger partial charge is 0.251 e. The van der Waals surface area contributed by atoms with Crippen molar-refractivity contribution in [3.05, 3.63) is 65.7 Å². The highest BCUT2D eigenvalue weighted by Gasteiger charge is 2.19. The number of carbonyl (C=O) groups is 1. The first-order chi connectivity index (χ1) is 12.6. The van der Waals surface area contributed by atoms with Crippen LogP contribution in [0, 0.1) is 0 Å². The molecular formula is C22H29NO3S. The summed E-state index contributed by atoms with van der Waals surface area (Å²) in [6.45, 7) is 8.33. The van der Waals surface area contributed by atoms with Crippen molar-refractivity contribution in [2.75, 3.05) is 5.75 Å². The van der Waals surface area contributed by atoms with E-state index in [1.807, 2.05) is 31.2 Å². The van der Waals surface area contributed by atoms with Crippen molar-refractivity contribution in [3.63, 3.8) is 0 Å². The van der Waals surface area contributed by atoms with E-state index in [0.717, 1.165) is 0 Å². The van der Waals surface area contributed by atoms with Gasteiger partial charge in [0.1, 0.15) is 0 Å². The highest BCUT2D eigenvalue weighted by atomic mass is 32.2. The zero-order chi connectivity index (χ0) is 20.1. The van der Waals surface area contributed by atoms with Crippen LogP contribution in [0.2, 0.25) is 0 Å². The second-order valence-electron chi connectivity index (χ2n) is 7.83. The minimum atomic E-state index is -3.34. The van der Waals surface area contributed by atoms with Crippen LogP contribution in [-0.4, -0.2) is 26.1 Å². The summed E-state index contributed by atoms with van der Waals surface area (Å²) in [6.07, 6.45) is 1.07. The quantitative estimate of drug-likeness (QED) is 0.768. The maximum absolute atomic E-state index is 12.5. The molecule has 0 saturated carbocycles. The largest absolute Gasteiger partial charge is 0.349 e. The van der Waals surface area contributed by atoms with Gasteiger partial charge in [0.25, 0.3) is 5.91 Å². The van der Waals surface area contributed by atoms with Crippen molar-refractivity contribution in [1.29, 1.82) is 0 Å². The minimum Gasteiger partial charge on any atom is -0.349 e. The Hall–Kier alpha value is -2.14. The molecule has 146 valence electrons.